The van der Waals surface area contributed by atoms with Crippen LogP contribution < -0.4 is 0 Å². The van der Waals surface area contributed by atoms with E-state index in [0.29, 0.717) is 0 Å². The third kappa shape index (κ3) is 1.63. The molecule has 1 aromatic rings. The van der Waals surface area contributed by atoms with Gasteiger partial charge in [0.1, 0.15) is 11.8 Å². The number of halogens is 1. The van der Waals surface area contributed by atoms with Gasteiger partial charge in [0, 0.05) is 0 Å². The first-order valence-corrected chi connectivity index (χ1v) is 4.02. The van der Waals surface area contributed by atoms with Crippen molar-refractivity contribution in [3.8, 4) is 11.8 Å². The molecule has 0 saturated carbocycles. The molecule has 4 nitrogen and oxygen atoms in total. The van der Waals surface area contributed by atoms with Crippen molar-refractivity contribution >= 4 is 21.9 Å². The molecule has 0 fully saturated rings. The molecule has 0 bridgehead atoms. The highest BCUT2D eigenvalue weighted by Gasteiger charge is 2.14. The zero-order valence-corrected chi connectivity index (χ0v) is 7.87. The van der Waals surface area contributed by atoms with Gasteiger partial charge < -0.3 is 10.2 Å². The summed E-state index contributed by atoms with van der Waals surface area (Å²) < 4.78 is 0.0269. The van der Waals surface area contributed by atoms with Crippen LogP contribution in [0, 0.1) is 11.3 Å². The second-order valence-electron chi connectivity index (χ2n) is 2.24. The van der Waals surface area contributed by atoms with E-state index in [1.54, 1.807) is 6.07 Å². The fourth-order valence-electron chi connectivity index (χ4n) is 0.820. The van der Waals surface area contributed by atoms with Crippen molar-refractivity contribution in [1.29, 1.82) is 5.26 Å². The van der Waals surface area contributed by atoms with E-state index < -0.39 is 5.97 Å². The third-order valence-electron chi connectivity index (χ3n) is 1.47. The number of carboxylic acid groups (broad SMARTS) is 1. The van der Waals surface area contributed by atoms with Gasteiger partial charge in [-0.05, 0) is 28.1 Å². The SMILES string of the molecule is N#Cc1ccc(C(=O)O)c(Br)c1O. The molecule has 0 atom stereocenters. The largest absolute Gasteiger partial charge is 0.505 e. The monoisotopic (exact) mass is 241 g/mol. The van der Waals surface area contributed by atoms with Crippen LogP contribution in [0.5, 0.6) is 5.75 Å². The first-order chi connectivity index (χ1) is 6.07. The Kier molecular flexibility index (Phi) is 2.54. The van der Waals surface area contributed by atoms with Crippen LogP contribution in [0.1, 0.15) is 15.9 Å². The van der Waals surface area contributed by atoms with Crippen molar-refractivity contribution in [2.45, 2.75) is 0 Å². The van der Waals surface area contributed by atoms with E-state index in [4.69, 9.17) is 10.4 Å². The maximum absolute atomic E-state index is 10.5. The van der Waals surface area contributed by atoms with Crippen LogP contribution in [-0.4, -0.2) is 16.2 Å². The lowest BCUT2D eigenvalue weighted by Gasteiger charge is -2.02. The van der Waals surface area contributed by atoms with Crippen molar-refractivity contribution in [1.82, 2.24) is 0 Å². The Labute approximate surface area is 82.2 Å². The first kappa shape index (κ1) is 9.55. The summed E-state index contributed by atoms with van der Waals surface area (Å²) in [6.07, 6.45) is 0. The highest BCUT2D eigenvalue weighted by atomic mass is 79.9. The molecule has 2 N–H and O–H groups in total. The van der Waals surface area contributed by atoms with Gasteiger partial charge in [0.05, 0.1) is 15.6 Å². The summed E-state index contributed by atoms with van der Waals surface area (Å²) in [5.41, 5.74) is -0.0339. The van der Waals surface area contributed by atoms with Crippen molar-refractivity contribution < 1.29 is 15.0 Å². The predicted octanol–water partition coefficient (Wildman–Crippen LogP) is 1.72. The quantitative estimate of drug-likeness (QED) is 0.785. The van der Waals surface area contributed by atoms with Crippen LogP contribution in [0.3, 0.4) is 0 Å². The Morgan fingerprint density at radius 1 is 1.54 bits per heavy atom. The summed E-state index contributed by atoms with van der Waals surface area (Å²) in [4.78, 5) is 10.5. The Balaban J connectivity index is 3.42. The van der Waals surface area contributed by atoms with Gasteiger partial charge in [-0.25, -0.2) is 4.79 Å². The lowest BCUT2D eigenvalue weighted by atomic mass is 10.1. The van der Waals surface area contributed by atoms with Gasteiger partial charge in [0.15, 0.2) is 0 Å². The average molecular weight is 242 g/mol. The Hall–Kier alpha value is -1.54. The predicted molar refractivity (Wildman–Crippen MR) is 47.5 cm³/mol. The molecule has 0 aliphatic heterocycles. The summed E-state index contributed by atoms with van der Waals surface area (Å²) >= 11 is 2.89. The topological polar surface area (TPSA) is 81.3 Å². The summed E-state index contributed by atoms with van der Waals surface area (Å²) in [5.74, 6) is -1.51. The van der Waals surface area contributed by atoms with Gasteiger partial charge in [0.25, 0.3) is 0 Å². The van der Waals surface area contributed by atoms with Crippen molar-refractivity contribution in [2.24, 2.45) is 0 Å². The summed E-state index contributed by atoms with van der Waals surface area (Å²) in [5, 5.41) is 26.4. The fraction of sp³-hybridized carbons (Fsp3) is 0. The van der Waals surface area contributed by atoms with Gasteiger partial charge in [-0.3, -0.25) is 0 Å². The maximum Gasteiger partial charge on any atom is 0.336 e. The minimum Gasteiger partial charge on any atom is -0.505 e. The normalized spacial score (nSPS) is 9.23. The molecule has 0 radical (unpaired) electrons. The molecule has 0 unspecified atom stereocenters. The van der Waals surface area contributed by atoms with Crippen molar-refractivity contribution in [2.75, 3.05) is 0 Å². The number of phenolic OH excluding ortho intramolecular Hbond substituents is 1. The number of nitriles is 1. The standard InChI is InChI=1S/C8H4BrNO3/c9-6-5(8(12)13)2-1-4(3-10)7(6)11/h1-2,11H,(H,12,13). The van der Waals surface area contributed by atoms with E-state index >= 15 is 0 Å². The number of benzene rings is 1. The number of carboxylic acids is 1. The Morgan fingerprint density at radius 3 is 2.62 bits per heavy atom. The van der Waals surface area contributed by atoms with Crippen molar-refractivity contribution in [3.63, 3.8) is 0 Å². The molecular weight excluding hydrogens is 238 g/mol. The zero-order valence-electron chi connectivity index (χ0n) is 6.28. The van der Waals surface area contributed by atoms with Crippen LogP contribution in [0.4, 0.5) is 0 Å². The number of carbonyl (C=O) groups is 1. The molecule has 5 heteroatoms. The molecule has 0 amide bonds. The van der Waals surface area contributed by atoms with E-state index in [-0.39, 0.29) is 21.3 Å². The molecule has 0 spiro atoms. The molecule has 0 heterocycles. The summed E-state index contributed by atoms with van der Waals surface area (Å²) in [7, 11) is 0. The fourth-order valence-corrected chi connectivity index (χ4v) is 1.34. The Morgan fingerprint density at radius 2 is 2.15 bits per heavy atom. The molecule has 0 aromatic heterocycles. The molecule has 1 aromatic carbocycles. The highest BCUT2D eigenvalue weighted by Crippen LogP contribution is 2.30. The van der Waals surface area contributed by atoms with E-state index in [0.717, 1.165) is 0 Å². The van der Waals surface area contributed by atoms with E-state index in [9.17, 15) is 9.90 Å². The third-order valence-corrected chi connectivity index (χ3v) is 2.27. The number of rotatable bonds is 1. The molecule has 0 aliphatic rings. The summed E-state index contributed by atoms with van der Waals surface area (Å²) in [6, 6.07) is 4.24. The molecule has 66 valence electrons. The van der Waals surface area contributed by atoms with E-state index in [1.807, 2.05) is 0 Å². The van der Waals surface area contributed by atoms with Crippen LogP contribution in [0.15, 0.2) is 16.6 Å². The van der Waals surface area contributed by atoms with E-state index in [2.05, 4.69) is 15.9 Å². The first-order valence-electron chi connectivity index (χ1n) is 3.22. The molecular formula is C8H4BrNO3. The minimum atomic E-state index is -1.16. The zero-order chi connectivity index (χ0) is 10.0. The number of hydrogen-bond donors (Lipinski definition) is 2. The minimum absolute atomic E-state index is 0.0269. The molecule has 0 aliphatic carbocycles. The number of aromatic hydroxyl groups is 1. The van der Waals surface area contributed by atoms with Gasteiger partial charge in [0.2, 0.25) is 0 Å². The highest BCUT2D eigenvalue weighted by molar-refractivity contribution is 9.10. The van der Waals surface area contributed by atoms with E-state index in [1.165, 1.54) is 12.1 Å². The lowest BCUT2D eigenvalue weighted by molar-refractivity contribution is 0.0695. The van der Waals surface area contributed by atoms with Gasteiger partial charge >= 0.3 is 5.97 Å². The van der Waals surface area contributed by atoms with Crippen LogP contribution in [0.25, 0.3) is 0 Å². The van der Waals surface area contributed by atoms with Gasteiger partial charge in [-0.2, -0.15) is 5.26 Å². The number of aromatic carboxylic acids is 1. The smallest absolute Gasteiger partial charge is 0.336 e. The number of phenols is 1. The van der Waals surface area contributed by atoms with Crippen molar-refractivity contribution in [3.05, 3.63) is 27.7 Å². The molecule has 13 heavy (non-hydrogen) atoms. The maximum atomic E-state index is 10.5. The van der Waals surface area contributed by atoms with Crippen LogP contribution in [-0.2, 0) is 0 Å². The molecule has 1 rings (SSSR count). The average Bonchev–Trinajstić information content (AvgIpc) is 2.09. The summed E-state index contributed by atoms with van der Waals surface area (Å²) in [6.45, 7) is 0. The van der Waals surface area contributed by atoms with Gasteiger partial charge in [-0.1, -0.05) is 0 Å². The number of nitrogens with zero attached hydrogens (tertiary/aromatic N) is 1. The number of hydrogen-bond acceptors (Lipinski definition) is 3. The van der Waals surface area contributed by atoms with Crippen LogP contribution in [0.2, 0.25) is 0 Å². The Bertz CT molecular complexity index is 409. The molecule has 0 saturated heterocycles. The van der Waals surface area contributed by atoms with Crippen LogP contribution >= 0.6 is 15.9 Å². The lowest BCUT2D eigenvalue weighted by Crippen LogP contribution is -1.98. The second kappa shape index (κ2) is 3.46. The second-order valence-corrected chi connectivity index (χ2v) is 3.03. The van der Waals surface area contributed by atoms with Gasteiger partial charge in [-0.15, -0.1) is 0 Å².